The summed E-state index contributed by atoms with van der Waals surface area (Å²) in [7, 11) is 0. The zero-order valence-corrected chi connectivity index (χ0v) is 28.7. The molecule has 0 bridgehead atoms. The van der Waals surface area contributed by atoms with Crippen molar-refractivity contribution in [3.63, 3.8) is 0 Å². The van der Waals surface area contributed by atoms with Gasteiger partial charge in [-0.3, -0.25) is 0 Å². The quantitative estimate of drug-likeness (QED) is 0.339. The van der Waals surface area contributed by atoms with Crippen LogP contribution in [0, 0.1) is 63.6 Å². The summed E-state index contributed by atoms with van der Waals surface area (Å²) in [6.45, 7) is 25.4. The number of hydrogen-bond donors (Lipinski definition) is 0. The first-order valence-corrected chi connectivity index (χ1v) is 16.9. The molecule has 2 fully saturated rings. The Morgan fingerprint density at radius 1 is 0.523 bits per heavy atom. The fraction of sp³-hybridized carbons (Fsp3) is 0.455. The topological polar surface area (TPSA) is 0 Å². The number of fused-ring (bicyclic) bond motifs is 8. The van der Waals surface area contributed by atoms with Gasteiger partial charge in [0.15, 0.2) is 0 Å². The highest BCUT2D eigenvalue weighted by Gasteiger charge is 2.87. The predicted molar refractivity (Wildman–Crippen MR) is 187 cm³/mol. The van der Waals surface area contributed by atoms with Crippen LogP contribution in [0.25, 0.3) is 0 Å². The fourth-order valence-electron chi connectivity index (χ4n) is 12.5. The summed E-state index contributed by atoms with van der Waals surface area (Å²) in [6.07, 6.45) is 27.3. The van der Waals surface area contributed by atoms with E-state index in [9.17, 15) is 0 Å². The Kier molecular flexibility index (Phi) is 6.05. The van der Waals surface area contributed by atoms with E-state index >= 15 is 0 Å². The molecule has 9 unspecified atom stereocenters. The van der Waals surface area contributed by atoms with Crippen LogP contribution in [0.5, 0.6) is 0 Å². The lowest BCUT2D eigenvalue weighted by Crippen LogP contribution is -2.75. The van der Waals surface area contributed by atoms with Crippen molar-refractivity contribution in [3.05, 3.63) is 143 Å². The molecule has 0 aromatic heterocycles. The first-order valence-electron chi connectivity index (χ1n) is 16.9. The maximum absolute atomic E-state index is 2.73. The molecular weight excluding hydrogens is 528 g/mol. The monoisotopic (exact) mass is 580 g/mol. The second-order valence-electron chi connectivity index (χ2n) is 16.4. The molecule has 0 saturated heterocycles. The van der Waals surface area contributed by atoms with Gasteiger partial charge in [0.25, 0.3) is 0 Å². The Bertz CT molecular complexity index is 1650. The summed E-state index contributed by atoms with van der Waals surface area (Å²) >= 11 is 0. The minimum Gasteiger partial charge on any atom is -0.0802 e. The molecule has 0 amide bonds. The molecule has 0 radical (unpaired) electrons. The average Bonchev–Trinajstić information content (AvgIpc) is 3.16. The van der Waals surface area contributed by atoms with Crippen LogP contribution in [-0.2, 0) is 0 Å². The molecule has 0 spiro atoms. The predicted octanol–water partition coefficient (Wildman–Crippen LogP) is 11.5. The third-order valence-corrected chi connectivity index (χ3v) is 15.8. The molecule has 2 saturated carbocycles. The summed E-state index contributed by atoms with van der Waals surface area (Å²) in [5, 5.41) is 0. The molecule has 0 heterocycles. The molecule has 7 rings (SSSR count). The smallest absolute Gasteiger partial charge is 0.0129 e. The fourth-order valence-corrected chi connectivity index (χ4v) is 12.5. The molecule has 2 aromatic rings. The minimum absolute atomic E-state index is 0.0559. The van der Waals surface area contributed by atoms with Crippen molar-refractivity contribution in [1.82, 2.24) is 0 Å². The first-order chi connectivity index (χ1) is 20.7. The second kappa shape index (κ2) is 8.99. The van der Waals surface area contributed by atoms with Crippen molar-refractivity contribution >= 4 is 0 Å². The number of hydrogen-bond acceptors (Lipinski definition) is 0. The Morgan fingerprint density at radius 3 is 1.45 bits per heavy atom. The van der Waals surface area contributed by atoms with Gasteiger partial charge < -0.3 is 0 Å². The van der Waals surface area contributed by atoms with E-state index < -0.39 is 0 Å². The molecule has 9 atom stereocenters. The summed E-state index contributed by atoms with van der Waals surface area (Å²) in [6, 6.07) is 19.0. The molecular formula is C44H52. The van der Waals surface area contributed by atoms with Crippen molar-refractivity contribution in [2.45, 2.75) is 75.2 Å². The Labute approximate surface area is 267 Å². The van der Waals surface area contributed by atoms with E-state index in [1.54, 1.807) is 0 Å². The van der Waals surface area contributed by atoms with Gasteiger partial charge in [0.1, 0.15) is 0 Å². The van der Waals surface area contributed by atoms with Crippen molar-refractivity contribution in [2.24, 2.45) is 49.7 Å². The van der Waals surface area contributed by atoms with Crippen LogP contribution in [0.15, 0.2) is 121 Å². The summed E-state index contributed by atoms with van der Waals surface area (Å²) < 4.78 is 0. The summed E-state index contributed by atoms with van der Waals surface area (Å²) in [5.74, 6) is 0.970. The van der Waals surface area contributed by atoms with Crippen LogP contribution < -0.4 is 0 Å². The van der Waals surface area contributed by atoms with Crippen LogP contribution >= 0.6 is 0 Å². The second-order valence-corrected chi connectivity index (χ2v) is 16.4. The Morgan fingerprint density at radius 2 is 0.955 bits per heavy atom. The molecule has 0 heteroatoms. The van der Waals surface area contributed by atoms with E-state index in [1.807, 2.05) is 0 Å². The van der Waals surface area contributed by atoms with Gasteiger partial charge in [-0.2, -0.15) is 0 Å². The highest BCUT2D eigenvalue weighted by atomic mass is 14.9. The Hall–Kier alpha value is -3.12. The van der Waals surface area contributed by atoms with Gasteiger partial charge >= 0.3 is 0 Å². The van der Waals surface area contributed by atoms with Crippen LogP contribution in [0.4, 0.5) is 0 Å². The normalized spacial score (nSPS) is 44.7. The zero-order chi connectivity index (χ0) is 31.6. The summed E-state index contributed by atoms with van der Waals surface area (Å²) in [5.41, 5.74) is 6.36. The number of rotatable bonds is 3. The van der Waals surface area contributed by atoms with Crippen LogP contribution in [0.2, 0.25) is 0 Å². The first kappa shape index (κ1) is 29.6. The van der Waals surface area contributed by atoms with E-state index in [-0.39, 0.29) is 43.8 Å². The van der Waals surface area contributed by atoms with Crippen molar-refractivity contribution in [3.8, 4) is 0 Å². The maximum Gasteiger partial charge on any atom is 0.0129 e. The molecule has 5 aliphatic rings. The minimum atomic E-state index is -0.125. The van der Waals surface area contributed by atoms with Crippen LogP contribution in [-0.4, -0.2) is 0 Å². The summed E-state index contributed by atoms with van der Waals surface area (Å²) in [4.78, 5) is 0. The third kappa shape index (κ3) is 2.93. The highest BCUT2D eigenvalue weighted by Crippen LogP contribution is 2.91. The van der Waals surface area contributed by atoms with Crippen LogP contribution in [0.3, 0.4) is 0 Å². The maximum atomic E-state index is 2.73. The van der Waals surface area contributed by atoms with Gasteiger partial charge in [0.05, 0.1) is 0 Å². The van der Waals surface area contributed by atoms with E-state index in [2.05, 4.69) is 185 Å². The molecule has 2 aromatic carbocycles. The van der Waals surface area contributed by atoms with Gasteiger partial charge in [-0.1, -0.05) is 181 Å². The van der Waals surface area contributed by atoms with Gasteiger partial charge in [-0.25, -0.2) is 0 Å². The lowest BCUT2D eigenvalue weighted by Gasteiger charge is -2.80. The lowest BCUT2D eigenvalue weighted by molar-refractivity contribution is -0.273. The van der Waals surface area contributed by atoms with Crippen molar-refractivity contribution in [2.75, 3.05) is 0 Å². The Balaban J connectivity index is 1.65. The van der Waals surface area contributed by atoms with E-state index in [0.717, 1.165) is 0 Å². The lowest BCUT2D eigenvalue weighted by atomic mass is 9.23. The molecule has 44 heavy (non-hydrogen) atoms. The number of allylic oxidation sites excluding steroid dienone is 12. The highest BCUT2D eigenvalue weighted by molar-refractivity contribution is 5.53. The van der Waals surface area contributed by atoms with E-state index in [4.69, 9.17) is 0 Å². The molecule has 5 aliphatic carbocycles. The van der Waals surface area contributed by atoms with E-state index in [1.165, 1.54) is 27.8 Å². The largest absolute Gasteiger partial charge is 0.0802 e. The molecule has 0 aliphatic heterocycles. The molecule has 228 valence electrons. The van der Waals surface area contributed by atoms with Gasteiger partial charge in [0, 0.05) is 33.0 Å². The average molecular weight is 581 g/mol. The van der Waals surface area contributed by atoms with Gasteiger partial charge in [0.2, 0.25) is 0 Å². The van der Waals surface area contributed by atoms with Crippen molar-refractivity contribution < 1.29 is 0 Å². The van der Waals surface area contributed by atoms with Crippen LogP contribution in [0.1, 0.15) is 83.6 Å². The standard InChI is InChI=1S/C44H52/c1-30-18-22-33(23-19-30)36(34-24-20-31(2)21-25-34)37-35-17-15-16-32(3)42(35,8)44(10)41(7)29-14-12-27-39(41,5)38(4)26-11-13-28-40(38,6)43(37,44)9/h11-29,35-37H,1-10H3. The van der Waals surface area contributed by atoms with E-state index in [0.29, 0.717) is 11.8 Å². The van der Waals surface area contributed by atoms with Gasteiger partial charge in [-0.15, -0.1) is 0 Å². The van der Waals surface area contributed by atoms with Crippen molar-refractivity contribution in [1.29, 1.82) is 0 Å². The molecule has 0 nitrogen and oxygen atoms in total. The SMILES string of the molecule is CC1=CC=CC2C(C(c3ccc(C)cc3)c3ccc(C)cc3)C3(C)C4(C)C=CC=CC4(C)C4(C)C=CC=CC4(C)C3(C)C12C. The number of aryl methyl sites for hydroxylation is 2. The van der Waals surface area contributed by atoms with Gasteiger partial charge in [-0.05, 0) is 54.6 Å². The number of benzene rings is 2. The third-order valence-electron chi connectivity index (χ3n) is 15.8. The molecule has 0 N–H and O–H groups in total. The zero-order valence-electron chi connectivity index (χ0n) is 28.7.